The topological polar surface area (TPSA) is 50.7 Å². The summed E-state index contributed by atoms with van der Waals surface area (Å²) >= 11 is 5.95. The van der Waals surface area contributed by atoms with Gasteiger partial charge in [-0.15, -0.1) is 0 Å². The van der Waals surface area contributed by atoms with E-state index in [0.29, 0.717) is 11.6 Å². The second kappa shape index (κ2) is 6.54. The first-order chi connectivity index (χ1) is 10.1. The van der Waals surface area contributed by atoms with Crippen molar-refractivity contribution in [2.24, 2.45) is 0 Å². The Kier molecular flexibility index (Phi) is 4.75. The Hall–Kier alpha value is -2.14. The molecule has 0 bridgehead atoms. The van der Waals surface area contributed by atoms with Crippen molar-refractivity contribution in [1.29, 1.82) is 0 Å². The Morgan fingerprint density at radius 3 is 2.33 bits per heavy atom. The number of phenols is 1. The minimum Gasteiger partial charge on any atom is -0.502 e. The van der Waals surface area contributed by atoms with Crippen LogP contribution in [-0.2, 0) is 6.54 Å². The maximum atomic E-state index is 13.7. The Morgan fingerprint density at radius 1 is 1.19 bits per heavy atom. The summed E-state index contributed by atoms with van der Waals surface area (Å²) in [5.41, 5.74) is 0.978. The molecule has 0 aromatic heterocycles. The van der Waals surface area contributed by atoms with Crippen LogP contribution in [-0.4, -0.2) is 19.3 Å². The zero-order valence-corrected chi connectivity index (χ0v) is 12.4. The number of hydrogen-bond acceptors (Lipinski definition) is 4. The first-order valence-electron chi connectivity index (χ1n) is 6.18. The van der Waals surface area contributed by atoms with Crippen molar-refractivity contribution in [3.63, 3.8) is 0 Å². The number of anilines is 1. The van der Waals surface area contributed by atoms with Crippen molar-refractivity contribution in [2.45, 2.75) is 6.54 Å². The molecule has 0 heterocycles. The van der Waals surface area contributed by atoms with Crippen LogP contribution in [0.3, 0.4) is 0 Å². The maximum Gasteiger partial charge on any atom is 0.200 e. The number of hydrogen-bond donors (Lipinski definition) is 2. The molecule has 0 saturated heterocycles. The number of benzene rings is 2. The number of aromatic hydroxyl groups is 1. The predicted octanol–water partition coefficient (Wildman–Crippen LogP) is 3.81. The third-order valence-electron chi connectivity index (χ3n) is 2.97. The number of para-hydroxylation sites is 1. The Labute approximate surface area is 127 Å². The molecule has 112 valence electrons. The average molecular weight is 312 g/mol. The fourth-order valence-electron chi connectivity index (χ4n) is 1.91. The van der Waals surface area contributed by atoms with Gasteiger partial charge in [-0.1, -0.05) is 17.7 Å². The second-order valence-electron chi connectivity index (χ2n) is 4.30. The van der Waals surface area contributed by atoms with Crippen molar-refractivity contribution in [2.75, 3.05) is 19.5 Å². The van der Waals surface area contributed by atoms with Gasteiger partial charge in [-0.25, -0.2) is 4.39 Å². The lowest BCUT2D eigenvalue weighted by atomic mass is 10.1. The standard InChI is InChI=1S/C15H15ClFNO3/c1-20-12-6-9(7-13(21-2)15(12)19)8-18-14-10(16)4-3-5-11(14)17/h3-7,18-19H,8H2,1-2H3. The molecule has 0 radical (unpaired) electrons. The summed E-state index contributed by atoms with van der Waals surface area (Å²) in [5.74, 6) is 0.0597. The normalized spacial score (nSPS) is 10.3. The van der Waals surface area contributed by atoms with Gasteiger partial charge in [0, 0.05) is 6.54 Å². The fraction of sp³-hybridized carbons (Fsp3) is 0.200. The van der Waals surface area contributed by atoms with E-state index in [-0.39, 0.29) is 22.9 Å². The largest absolute Gasteiger partial charge is 0.502 e. The van der Waals surface area contributed by atoms with Crippen LogP contribution < -0.4 is 14.8 Å². The van der Waals surface area contributed by atoms with Gasteiger partial charge in [0.25, 0.3) is 0 Å². The van der Waals surface area contributed by atoms with Gasteiger partial charge < -0.3 is 19.9 Å². The molecule has 6 heteroatoms. The molecule has 0 aliphatic rings. The van der Waals surface area contributed by atoms with Gasteiger partial charge in [0.2, 0.25) is 5.75 Å². The molecule has 2 aromatic rings. The molecule has 0 unspecified atom stereocenters. The van der Waals surface area contributed by atoms with E-state index in [2.05, 4.69) is 5.32 Å². The quantitative estimate of drug-likeness (QED) is 0.881. The minimum atomic E-state index is -0.430. The highest BCUT2D eigenvalue weighted by Crippen LogP contribution is 2.37. The molecule has 0 spiro atoms. The van der Waals surface area contributed by atoms with Crippen molar-refractivity contribution in [1.82, 2.24) is 0 Å². The van der Waals surface area contributed by atoms with E-state index in [1.165, 1.54) is 26.4 Å². The number of phenolic OH excluding ortho intramolecular Hbond substituents is 1. The summed E-state index contributed by atoms with van der Waals surface area (Å²) in [6.07, 6.45) is 0. The molecule has 0 aliphatic heterocycles. The molecule has 0 saturated carbocycles. The highest BCUT2D eigenvalue weighted by Gasteiger charge is 2.12. The summed E-state index contributed by atoms with van der Waals surface area (Å²) in [7, 11) is 2.89. The molecular formula is C15H15ClFNO3. The van der Waals surface area contributed by atoms with Gasteiger partial charge in [-0.2, -0.15) is 0 Å². The zero-order chi connectivity index (χ0) is 15.4. The number of ether oxygens (including phenoxy) is 2. The summed E-state index contributed by atoms with van der Waals surface area (Å²) in [4.78, 5) is 0. The number of rotatable bonds is 5. The van der Waals surface area contributed by atoms with E-state index in [4.69, 9.17) is 21.1 Å². The van der Waals surface area contributed by atoms with Gasteiger partial charge in [-0.05, 0) is 29.8 Å². The molecule has 2 aromatic carbocycles. The van der Waals surface area contributed by atoms with E-state index in [1.807, 2.05) is 0 Å². The molecule has 0 fully saturated rings. The lowest BCUT2D eigenvalue weighted by molar-refractivity contribution is 0.339. The summed E-state index contributed by atoms with van der Waals surface area (Å²) in [6.45, 7) is 0.299. The van der Waals surface area contributed by atoms with Crippen LogP contribution in [0.4, 0.5) is 10.1 Å². The fourth-order valence-corrected chi connectivity index (χ4v) is 2.14. The number of nitrogens with one attached hydrogen (secondary N) is 1. The van der Waals surface area contributed by atoms with E-state index >= 15 is 0 Å². The zero-order valence-electron chi connectivity index (χ0n) is 11.6. The summed E-state index contributed by atoms with van der Waals surface area (Å²) in [5, 5.41) is 13.1. The SMILES string of the molecule is COc1cc(CNc2c(F)cccc2Cl)cc(OC)c1O. The molecule has 0 aliphatic carbocycles. The van der Waals surface area contributed by atoms with Crippen molar-refractivity contribution < 1.29 is 19.0 Å². The summed E-state index contributed by atoms with van der Waals surface area (Å²) in [6, 6.07) is 7.74. The minimum absolute atomic E-state index is 0.0762. The number of halogens is 2. The van der Waals surface area contributed by atoms with Crippen LogP contribution >= 0.6 is 11.6 Å². The average Bonchev–Trinajstić information content (AvgIpc) is 2.48. The van der Waals surface area contributed by atoms with Crippen LogP contribution in [0.5, 0.6) is 17.2 Å². The van der Waals surface area contributed by atoms with Crippen LogP contribution in [0.25, 0.3) is 0 Å². The maximum absolute atomic E-state index is 13.7. The number of methoxy groups -OCH3 is 2. The van der Waals surface area contributed by atoms with E-state index in [9.17, 15) is 9.50 Å². The molecule has 0 amide bonds. The van der Waals surface area contributed by atoms with E-state index in [0.717, 1.165) is 5.56 Å². The van der Waals surface area contributed by atoms with E-state index < -0.39 is 5.82 Å². The smallest absolute Gasteiger partial charge is 0.200 e. The monoisotopic (exact) mass is 311 g/mol. The lowest BCUT2D eigenvalue weighted by Crippen LogP contribution is -2.03. The molecule has 21 heavy (non-hydrogen) atoms. The van der Waals surface area contributed by atoms with Crippen LogP contribution in [0.1, 0.15) is 5.56 Å². The third-order valence-corrected chi connectivity index (χ3v) is 3.29. The lowest BCUT2D eigenvalue weighted by Gasteiger charge is -2.13. The first-order valence-corrected chi connectivity index (χ1v) is 6.56. The van der Waals surface area contributed by atoms with Crippen LogP contribution in [0.2, 0.25) is 5.02 Å². The van der Waals surface area contributed by atoms with Crippen molar-refractivity contribution >= 4 is 17.3 Å². The highest BCUT2D eigenvalue weighted by atomic mass is 35.5. The Morgan fingerprint density at radius 2 is 1.81 bits per heavy atom. The first kappa shape index (κ1) is 15.3. The summed E-state index contributed by atoms with van der Waals surface area (Å²) < 4.78 is 23.8. The molecular weight excluding hydrogens is 297 g/mol. The Balaban J connectivity index is 2.24. The van der Waals surface area contributed by atoms with E-state index in [1.54, 1.807) is 18.2 Å². The molecule has 4 nitrogen and oxygen atoms in total. The second-order valence-corrected chi connectivity index (χ2v) is 4.71. The highest BCUT2D eigenvalue weighted by molar-refractivity contribution is 6.33. The van der Waals surface area contributed by atoms with Crippen molar-refractivity contribution in [3.05, 3.63) is 46.7 Å². The Bertz CT molecular complexity index is 604. The van der Waals surface area contributed by atoms with Gasteiger partial charge in [0.15, 0.2) is 11.5 Å². The van der Waals surface area contributed by atoms with Crippen molar-refractivity contribution in [3.8, 4) is 17.2 Å². The van der Waals surface area contributed by atoms with Gasteiger partial charge in [0.1, 0.15) is 5.82 Å². The van der Waals surface area contributed by atoms with Crippen LogP contribution in [0.15, 0.2) is 30.3 Å². The van der Waals surface area contributed by atoms with Gasteiger partial charge in [-0.3, -0.25) is 0 Å². The third kappa shape index (κ3) is 3.31. The van der Waals surface area contributed by atoms with Gasteiger partial charge >= 0.3 is 0 Å². The molecule has 2 rings (SSSR count). The predicted molar refractivity (Wildman–Crippen MR) is 79.9 cm³/mol. The van der Waals surface area contributed by atoms with Gasteiger partial charge in [0.05, 0.1) is 24.9 Å². The van der Waals surface area contributed by atoms with Crippen LogP contribution in [0, 0.1) is 5.82 Å². The molecule has 2 N–H and O–H groups in total. The molecule has 0 atom stereocenters.